The predicted octanol–water partition coefficient (Wildman–Crippen LogP) is 0.978. The molecule has 0 spiro atoms. The Morgan fingerprint density at radius 3 is 2.61 bits per heavy atom. The molecule has 1 aliphatic carbocycles. The molecular formula is C14H21N3O. The van der Waals surface area contributed by atoms with Crippen LogP contribution in [0.1, 0.15) is 12.8 Å². The van der Waals surface area contributed by atoms with Crippen molar-refractivity contribution in [1.82, 2.24) is 5.32 Å². The molecule has 3 N–H and O–H groups in total. The molecule has 0 aliphatic heterocycles. The first-order valence-corrected chi connectivity index (χ1v) is 6.42. The average molecular weight is 247 g/mol. The van der Waals surface area contributed by atoms with Gasteiger partial charge in [-0.05, 0) is 25.0 Å². The van der Waals surface area contributed by atoms with Crippen LogP contribution in [0, 0.1) is 5.41 Å². The number of amides is 1. The fourth-order valence-electron chi connectivity index (χ4n) is 2.01. The molecule has 98 valence electrons. The van der Waals surface area contributed by atoms with Gasteiger partial charge in [-0.3, -0.25) is 4.79 Å². The molecule has 1 amide bonds. The SMILES string of the molecule is CN(CCNC(=O)C1(CN)CC1)c1ccccc1. The maximum absolute atomic E-state index is 11.9. The Morgan fingerprint density at radius 2 is 2.06 bits per heavy atom. The number of para-hydroxylation sites is 1. The van der Waals surface area contributed by atoms with Crippen LogP contribution in [0.15, 0.2) is 30.3 Å². The number of rotatable bonds is 6. The summed E-state index contributed by atoms with van der Waals surface area (Å²) in [4.78, 5) is 14.0. The lowest BCUT2D eigenvalue weighted by Gasteiger charge is -2.20. The molecule has 0 unspecified atom stereocenters. The molecule has 1 saturated carbocycles. The van der Waals surface area contributed by atoms with Gasteiger partial charge in [0.1, 0.15) is 0 Å². The van der Waals surface area contributed by atoms with Crippen LogP contribution in [-0.2, 0) is 4.79 Å². The summed E-state index contributed by atoms with van der Waals surface area (Å²) < 4.78 is 0. The van der Waals surface area contributed by atoms with E-state index in [1.165, 1.54) is 0 Å². The molecule has 0 aromatic heterocycles. The summed E-state index contributed by atoms with van der Waals surface area (Å²) in [7, 11) is 2.03. The minimum atomic E-state index is -0.245. The normalized spacial score (nSPS) is 16.1. The summed E-state index contributed by atoms with van der Waals surface area (Å²) in [5, 5.41) is 2.98. The van der Waals surface area contributed by atoms with Crippen molar-refractivity contribution in [3.05, 3.63) is 30.3 Å². The third-order valence-corrected chi connectivity index (χ3v) is 3.66. The van der Waals surface area contributed by atoms with Crippen molar-refractivity contribution in [3.63, 3.8) is 0 Å². The summed E-state index contributed by atoms with van der Waals surface area (Å²) >= 11 is 0. The van der Waals surface area contributed by atoms with Gasteiger partial charge in [0.2, 0.25) is 5.91 Å². The summed E-state index contributed by atoms with van der Waals surface area (Å²) in [5.41, 5.74) is 6.54. The number of likely N-dealkylation sites (N-methyl/N-ethyl adjacent to an activating group) is 1. The van der Waals surface area contributed by atoms with Crippen molar-refractivity contribution < 1.29 is 4.79 Å². The maximum Gasteiger partial charge on any atom is 0.227 e. The van der Waals surface area contributed by atoms with Crippen LogP contribution in [-0.4, -0.2) is 32.6 Å². The molecule has 0 radical (unpaired) electrons. The molecule has 0 saturated heterocycles. The van der Waals surface area contributed by atoms with Gasteiger partial charge in [0.25, 0.3) is 0 Å². The lowest BCUT2D eigenvalue weighted by atomic mass is 10.1. The van der Waals surface area contributed by atoms with Gasteiger partial charge in [-0.1, -0.05) is 18.2 Å². The van der Waals surface area contributed by atoms with Crippen molar-refractivity contribution in [3.8, 4) is 0 Å². The topological polar surface area (TPSA) is 58.4 Å². The second kappa shape index (κ2) is 5.40. The fraction of sp³-hybridized carbons (Fsp3) is 0.500. The second-order valence-corrected chi connectivity index (χ2v) is 5.00. The van der Waals surface area contributed by atoms with Gasteiger partial charge in [0, 0.05) is 32.4 Å². The number of nitrogens with zero attached hydrogens (tertiary/aromatic N) is 1. The molecule has 2 rings (SSSR count). The van der Waals surface area contributed by atoms with E-state index >= 15 is 0 Å². The van der Waals surface area contributed by atoms with Gasteiger partial charge in [-0.25, -0.2) is 0 Å². The zero-order valence-corrected chi connectivity index (χ0v) is 10.9. The average Bonchev–Trinajstić information content (AvgIpc) is 3.20. The minimum absolute atomic E-state index is 0.117. The Morgan fingerprint density at radius 1 is 1.39 bits per heavy atom. The van der Waals surface area contributed by atoms with Crippen molar-refractivity contribution in [1.29, 1.82) is 0 Å². The van der Waals surface area contributed by atoms with Crippen LogP contribution in [0.25, 0.3) is 0 Å². The smallest absolute Gasteiger partial charge is 0.227 e. The number of benzene rings is 1. The largest absolute Gasteiger partial charge is 0.373 e. The number of nitrogens with two attached hydrogens (primary N) is 1. The molecular weight excluding hydrogens is 226 g/mol. The maximum atomic E-state index is 11.9. The first kappa shape index (κ1) is 12.9. The zero-order chi connectivity index (χ0) is 13.0. The predicted molar refractivity (Wildman–Crippen MR) is 73.4 cm³/mol. The highest BCUT2D eigenvalue weighted by Gasteiger charge is 2.48. The van der Waals surface area contributed by atoms with Crippen LogP contribution < -0.4 is 16.0 Å². The lowest BCUT2D eigenvalue weighted by molar-refractivity contribution is -0.125. The van der Waals surface area contributed by atoms with Gasteiger partial charge in [-0.2, -0.15) is 0 Å². The Bertz CT molecular complexity index is 401. The first-order chi connectivity index (χ1) is 8.68. The van der Waals surface area contributed by atoms with Crippen molar-refractivity contribution >= 4 is 11.6 Å². The van der Waals surface area contributed by atoms with Crippen LogP contribution in [0.2, 0.25) is 0 Å². The van der Waals surface area contributed by atoms with Crippen molar-refractivity contribution in [2.75, 3.05) is 31.6 Å². The lowest BCUT2D eigenvalue weighted by Crippen LogP contribution is -2.40. The quantitative estimate of drug-likeness (QED) is 0.788. The van der Waals surface area contributed by atoms with E-state index in [0.717, 1.165) is 25.1 Å². The van der Waals surface area contributed by atoms with E-state index in [2.05, 4.69) is 22.3 Å². The number of nitrogens with one attached hydrogen (secondary N) is 1. The van der Waals surface area contributed by atoms with Crippen LogP contribution in [0.4, 0.5) is 5.69 Å². The Labute approximate surface area is 108 Å². The molecule has 0 bridgehead atoms. The minimum Gasteiger partial charge on any atom is -0.373 e. The first-order valence-electron chi connectivity index (χ1n) is 6.42. The van der Waals surface area contributed by atoms with Gasteiger partial charge in [0.15, 0.2) is 0 Å². The highest BCUT2D eigenvalue weighted by atomic mass is 16.2. The van der Waals surface area contributed by atoms with E-state index in [-0.39, 0.29) is 11.3 Å². The highest BCUT2D eigenvalue weighted by Crippen LogP contribution is 2.44. The van der Waals surface area contributed by atoms with Crippen molar-refractivity contribution in [2.45, 2.75) is 12.8 Å². The molecule has 1 aliphatic rings. The number of carbonyl (C=O) groups excluding carboxylic acids is 1. The van der Waals surface area contributed by atoms with Crippen LogP contribution in [0.3, 0.4) is 0 Å². The monoisotopic (exact) mass is 247 g/mol. The van der Waals surface area contributed by atoms with Crippen LogP contribution in [0.5, 0.6) is 0 Å². The molecule has 0 atom stereocenters. The second-order valence-electron chi connectivity index (χ2n) is 5.00. The van der Waals surface area contributed by atoms with Crippen molar-refractivity contribution in [2.24, 2.45) is 11.1 Å². The molecule has 4 nitrogen and oxygen atoms in total. The Balaban J connectivity index is 1.74. The van der Waals surface area contributed by atoms with E-state index in [0.29, 0.717) is 13.1 Å². The molecule has 18 heavy (non-hydrogen) atoms. The third-order valence-electron chi connectivity index (χ3n) is 3.66. The van der Waals surface area contributed by atoms with E-state index in [1.54, 1.807) is 0 Å². The van der Waals surface area contributed by atoms with E-state index in [1.807, 2.05) is 25.2 Å². The van der Waals surface area contributed by atoms with Crippen LogP contribution >= 0.6 is 0 Å². The van der Waals surface area contributed by atoms with E-state index < -0.39 is 0 Å². The summed E-state index contributed by atoms with van der Waals surface area (Å²) in [5.74, 6) is 0.117. The van der Waals surface area contributed by atoms with E-state index in [9.17, 15) is 4.79 Å². The molecule has 1 fully saturated rings. The van der Waals surface area contributed by atoms with Gasteiger partial charge in [-0.15, -0.1) is 0 Å². The zero-order valence-electron chi connectivity index (χ0n) is 10.9. The van der Waals surface area contributed by atoms with Gasteiger partial charge in [0.05, 0.1) is 5.41 Å². The fourth-order valence-corrected chi connectivity index (χ4v) is 2.01. The number of anilines is 1. The Hall–Kier alpha value is -1.55. The standard InChI is InChI=1S/C14H21N3O/c1-17(12-5-3-2-4-6-12)10-9-16-13(18)14(11-15)7-8-14/h2-6H,7-11,15H2,1H3,(H,16,18). The summed E-state index contributed by atoms with van der Waals surface area (Å²) in [6, 6.07) is 10.1. The third kappa shape index (κ3) is 2.82. The van der Waals surface area contributed by atoms with E-state index in [4.69, 9.17) is 5.73 Å². The van der Waals surface area contributed by atoms with Gasteiger partial charge < -0.3 is 16.0 Å². The Kier molecular flexibility index (Phi) is 3.87. The summed E-state index contributed by atoms with van der Waals surface area (Å²) in [6.45, 7) is 1.93. The molecule has 1 aromatic rings. The number of hydrogen-bond donors (Lipinski definition) is 2. The molecule has 4 heteroatoms. The molecule has 0 heterocycles. The number of hydrogen-bond acceptors (Lipinski definition) is 3. The number of carbonyl (C=O) groups is 1. The molecule has 1 aromatic carbocycles. The summed E-state index contributed by atoms with van der Waals surface area (Å²) in [6.07, 6.45) is 1.87. The van der Waals surface area contributed by atoms with Gasteiger partial charge >= 0.3 is 0 Å². The highest BCUT2D eigenvalue weighted by molar-refractivity contribution is 5.85.